The summed E-state index contributed by atoms with van der Waals surface area (Å²) in [4.78, 5) is 4.30. The summed E-state index contributed by atoms with van der Waals surface area (Å²) in [6.07, 6.45) is 1.26. The largest absolute Gasteiger partial charge is 0.508 e. The van der Waals surface area contributed by atoms with Gasteiger partial charge in [0.1, 0.15) is 16.4 Å². The van der Waals surface area contributed by atoms with Crippen molar-refractivity contribution in [3.05, 3.63) is 64.7 Å². The van der Waals surface area contributed by atoms with E-state index in [1.54, 1.807) is 6.92 Å². The maximum Gasteiger partial charge on any atom is 0.265 e. The predicted octanol–water partition coefficient (Wildman–Crippen LogP) is 2.59. The van der Waals surface area contributed by atoms with E-state index in [4.69, 9.17) is 4.74 Å². The summed E-state index contributed by atoms with van der Waals surface area (Å²) in [5, 5.41) is 9.48. The molecule has 29 heavy (non-hydrogen) atoms. The van der Waals surface area contributed by atoms with E-state index in [0.29, 0.717) is 10.6 Å². The molecule has 1 heterocycles. The molecule has 2 aromatic rings. The molecule has 0 spiro atoms. The Labute approximate surface area is 174 Å². The van der Waals surface area contributed by atoms with Gasteiger partial charge in [-0.2, -0.15) is 0 Å². The van der Waals surface area contributed by atoms with Gasteiger partial charge in [0.2, 0.25) is 10.9 Å². The van der Waals surface area contributed by atoms with E-state index in [2.05, 4.69) is 27.6 Å². The molecule has 3 N–H and O–H groups in total. The molecule has 9 nitrogen and oxygen atoms in total. The van der Waals surface area contributed by atoms with E-state index in [9.17, 15) is 21.9 Å². The minimum atomic E-state index is -4.11. The van der Waals surface area contributed by atoms with Crippen LogP contribution in [0.2, 0.25) is 0 Å². The average Bonchev–Trinajstić information content (AvgIpc) is 3.00. The maximum atomic E-state index is 12.9. The Morgan fingerprint density at radius 3 is 2.45 bits per heavy atom. The number of hydrogen-bond donors (Lipinski definition) is 4. The molecule has 0 aliphatic heterocycles. The van der Waals surface area contributed by atoms with Crippen molar-refractivity contribution in [3.63, 3.8) is 0 Å². The van der Waals surface area contributed by atoms with Crippen LogP contribution in [0.25, 0.3) is 5.57 Å². The number of allylic oxidation sites excluding steroid dienone is 2. The summed E-state index contributed by atoms with van der Waals surface area (Å²) in [5.41, 5.74) is 0.975. The SMILES string of the molecule is C=C(OC)/C(=C\C(=C)c1sc(N[SH](=O)=O)nc1C)S(=O)(=O)Nc1ccc(O)cc1. The fourth-order valence-electron chi connectivity index (χ4n) is 2.19. The molecule has 12 heteroatoms. The summed E-state index contributed by atoms with van der Waals surface area (Å²) in [6, 6.07) is 5.46. The second-order valence-electron chi connectivity index (χ2n) is 5.62. The molecular weight excluding hydrogens is 438 g/mol. The third kappa shape index (κ3) is 5.82. The van der Waals surface area contributed by atoms with Gasteiger partial charge in [-0.15, -0.1) is 0 Å². The van der Waals surface area contributed by atoms with E-state index >= 15 is 0 Å². The first-order valence-electron chi connectivity index (χ1n) is 7.88. The summed E-state index contributed by atoms with van der Waals surface area (Å²) >= 11 is 1.01. The third-order valence-electron chi connectivity index (χ3n) is 3.51. The molecule has 0 aliphatic carbocycles. The smallest absolute Gasteiger partial charge is 0.265 e. The van der Waals surface area contributed by atoms with Crippen LogP contribution in [-0.4, -0.2) is 34.0 Å². The summed E-state index contributed by atoms with van der Waals surface area (Å²) in [7, 11) is -5.71. The molecule has 0 bridgehead atoms. The number of aromatic hydroxyl groups is 1. The number of phenols is 1. The Morgan fingerprint density at radius 2 is 1.90 bits per heavy atom. The number of thiazole rings is 1. The molecule has 1 aromatic heterocycles. The fourth-order valence-corrected chi connectivity index (χ4v) is 4.80. The van der Waals surface area contributed by atoms with Gasteiger partial charge >= 0.3 is 0 Å². The van der Waals surface area contributed by atoms with E-state index in [1.165, 1.54) is 37.5 Å². The lowest BCUT2D eigenvalue weighted by molar-refractivity contribution is 0.306. The molecule has 156 valence electrons. The van der Waals surface area contributed by atoms with Gasteiger partial charge in [-0.1, -0.05) is 24.5 Å². The van der Waals surface area contributed by atoms with Crippen LogP contribution in [0, 0.1) is 6.92 Å². The van der Waals surface area contributed by atoms with E-state index in [1.807, 2.05) is 0 Å². The van der Waals surface area contributed by atoms with E-state index in [-0.39, 0.29) is 32.8 Å². The average molecular weight is 458 g/mol. The van der Waals surface area contributed by atoms with Gasteiger partial charge in [-0.05, 0) is 42.8 Å². The summed E-state index contributed by atoms with van der Waals surface area (Å²) in [6.45, 7) is 9.11. The number of aryl methyl sites for hydroxylation is 1. The lowest BCUT2D eigenvalue weighted by Crippen LogP contribution is -2.17. The Hall–Kier alpha value is -2.83. The summed E-state index contributed by atoms with van der Waals surface area (Å²) in [5.74, 6) is -0.135. The molecule has 1 aromatic carbocycles. The molecular formula is C17H19N3O6S3. The number of nitrogens with zero attached hydrogens (tertiary/aromatic N) is 1. The quantitative estimate of drug-likeness (QED) is 0.197. The van der Waals surface area contributed by atoms with Crippen LogP contribution in [0.3, 0.4) is 0 Å². The number of thiol groups is 1. The van der Waals surface area contributed by atoms with Crippen LogP contribution in [0.15, 0.2) is 54.2 Å². The zero-order valence-electron chi connectivity index (χ0n) is 15.5. The molecule has 0 amide bonds. The first kappa shape index (κ1) is 22.5. The number of anilines is 2. The number of sulfonamides is 1. The topological polar surface area (TPSA) is 135 Å². The van der Waals surface area contributed by atoms with Gasteiger partial charge < -0.3 is 9.84 Å². The second-order valence-corrected chi connectivity index (χ2v) is 9.00. The van der Waals surface area contributed by atoms with E-state index in [0.717, 1.165) is 11.3 Å². The molecule has 0 saturated heterocycles. The van der Waals surface area contributed by atoms with Crippen LogP contribution in [0.1, 0.15) is 10.6 Å². The van der Waals surface area contributed by atoms with Crippen molar-refractivity contribution >= 4 is 48.6 Å². The number of rotatable bonds is 9. The zero-order chi connectivity index (χ0) is 21.8. The maximum absolute atomic E-state index is 12.9. The van der Waals surface area contributed by atoms with Crippen molar-refractivity contribution in [3.8, 4) is 5.75 Å². The Bertz CT molecular complexity index is 1140. The monoisotopic (exact) mass is 457 g/mol. The van der Waals surface area contributed by atoms with Crippen molar-refractivity contribution in [1.29, 1.82) is 0 Å². The van der Waals surface area contributed by atoms with Gasteiger partial charge in [0.25, 0.3) is 10.0 Å². The number of hydrogen-bond acceptors (Lipinski definition) is 8. The molecule has 0 aliphatic rings. The molecule has 0 saturated carbocycles. The fraction of sp³-hybridized carbons (Fsp3) is 0.118. The second kappa shape index (κ2) is 9.11. The highest BCUT2D eigenvalue weighted by molar-refractivity contribution is 7.96. The molecule has 0 fully saturated rings. The standard InChI is InChI=1S/C17H19N3O6S3/c1-10(16-11(2)18-17(27-16)19-28(22)23)9-15(12(3)26-4)29(24,25)20-13-5-7-14(21)8-6-13/h5-9,20-21,28H,1,3H2,2,4H3,(H,18,19,22,23)/b15-9+. The van der Waals surface area contributed by atoms with Crippen molar-refractivity contribution in [2.45, 2.75) is 6.92 Å². The zero-order valence-corrected chi connectivity index (χ0v) is 18.0. The molecule has 0 radical (unpaired) electrons. The number of ether oxygens (including phenoxy) is 1. The summed E-state index contributed by atoms with van der Waals surface area (Å²) < 4.78 is 56.9. The van der Waals surface area contributed by atoms with Crippen molar-refractivity contribution in [2.24, 2.45) is 0 Å². The Morgan fingerprint density at radius 1 is 1.28 bits per heavy atom. The molecule has 2 rings (SSSR count). The number of methoxy groups -OCH3 is 1. The van der Waals surface area contributed by atoms with Gasteiger partial charge in [0.05, 0.1) is 17.7 Å². The molecule has 0 unspecified atom stereocenters. The number of benzene rings is 1. The number of nitrogens with one attached hydrogen (secondary N) is 2. The first-order chi connectivity index (χ1) is 13.5. The highest BCUT2D eigenvalue weighted by Crippen LogP contribution is 2.32. The Balaban J connectivity index is 2.42. The van der Waals surface area contributed by atoms with Crippen LogP contribution >= 0.6 is 11.3 Å². The van der Waals surface area contributed by atoms with Gasteiger partial charge in [0, 0.05) is 5.69 Å². The van der Waals surface area contributed by atoms with E-state index < -0.39 is 20.9 Å². The highest BCUT2D eigenvalue weighted by atomic mass is 32.2. The lowest BCUT2D eigenvalue weighted by atomic mass is 10.2. The Kier molecular flexibility index (Phi) is 7.06. The number of phenolic OH excluding ortho intramolecular Hbond substituents is 1. The van der Waals surface area contributed by atoms with Crippen LogP contribution < -0.4 is 9.44 Å². The van der Waals surface area contributed by atoms with Gasteiger partial charge in [0.15, 0.2) is 5.13 Å². The van der Waals surface area contributed by atoms with Crippen LogP contribution in [-0.2, 0) is 25.7 Å². The lowest BCUT2D eigenvalue weighted by Gasteiger charge is -2.13. The minimum absolute atomic E-state index is 0.0108. The first-order valence-corrected chi connectivity index (χ1v) is 11.4. The molecule has 0 atom stereocenters. The normalized spacial score (nSPS) is 11.9. The number of aromatic nitrogens is 1. The van der Waals surface area contributed by atoms with Crippen molar-refractivity contribution < 1.29 is 26.7 Å². The minimum Gasteiger partial charge on any atom is -0.508 e. The van der Waals surface area contributed by atoms with Gasteiger partial charge in [-0.3, -0.25) is 9.44 Å². The van der Waals surface area contributed by atoms with Crippen molar-refractivity contribution in [1.82, 2.24) is 4.98 Å². The highest BCUT2D eigenvalue weighted by Gasteiger charge is 2.23. The van der Waals surface area contributed by atoms with Crippen LogP contribution in [0.5, 0.6) is 5.75 Å². The van der Waals surface area contributed by atoms with Crippen LogP contribution in [0.4, 0.5) is 10.8 Å². The third-order valence-corrected chi connectivity index (χ3v) is 6.63. The van der Waals surface area contributed by atoms with Gasteiger partial charge in [-0.25, -0.2) is 21.8 Å². The van der Waals surface area contributed by atoms with Crippen molar-refractivity contribution in [2.75, 3.05) is 16.6 Å². The predicted molar refractivity (Wildman–Crippen MR) is 115 cm³/mol.